The molecule has 0 bridgehead atoms. The molecule has 0 amide bonds. The molecule has 0 spiro atoms. The Labute approximate surface area is 136 Å². The van der Waals surface area contributed by atoms with E-state index in [1.165, 1.54) is 18.1 Å². The third-order valence-corrected chi connectivity index (χ3v) is 3.74. The Morgan fingerprint density at radius 2 is 2.00 bits per heavy atom. The van der Waals surface area contributed by atoms with Crippen LogP contribution >= 0.6 is 23.2 Å². The summed E-state index contributed by atoms with van der Waals surface area (Å²) in [6, 6.07) is 6.42. The van der Waals surface area contributed by atoms with E-state index in [-0.39, 0.29) is 0 Å². The molecule has 0 aliphatic heterocycles. The topological polar surface area (TPSA) is 70.5 Å². The average Bonchev–Trinajstić information content (AvgIpc) is 2.48. The van der Waals surface area contributed by atoms with Crippen LogP contribution in [0.1, 0.15) is 12.5 Å². The normalized spacial score (nSPS) is 11.1. The number of anilines is 1. The summed E-state index contributed by atoms with van der Waals surface area (Å²) in [4.78, 5) is 25.9. The van der Waals surface area contributed by atoms with E-state index in [4.69, 9.17) is 23.2 Å². The van der Waals surface area contributed by atoms with Crippen molar-refractivity contribution in [3.63, 3.8) is 0 Å². The minimum Gasteiger partial charge on any atom is -0.292 e. The predicted octanol–water partition coefficient (Wildman–Crippen LogP) is 2.24. The summed E-state index contributed by atoms with van der Waals surface area (Å²) in [5.41, 5.74) is -0.147. The Hall–Kier alpha value is -2.05. The Bertz CT molecular complexity index is 795. The van der Waals surface area contributed by atoms with Gasteiger partial charge in [-0.15, -0.1) is 0 Å². The van der Waals surface area contributed by atoms with Gasteiger partial charge in [-0.05, 0) is 24.6 Å². The van der Waals surface area contributed by atoms with Gasteiger partial charge in [-0.3, -0.25) is 14.3 Å². The molecular weight excluding hydrogens is 327 g/mol. The van der Waals surface area contributed by atoms with Gasteiger partial charge in [0.25, 0.3) is 5.56 Å². The Morgan fingerprint density at radius 1 is 1.27 bits per heavy atom. The largest absolute Gasteiger partial charge is 0.329 e. The molecule has 0 aliphatic rings. The molecule has 6 nitrogen and oxygen atoms in total. The van der Waals surface area contributed by atoms with E-state index in [2.05, 4.69) is 10.1 Å². The van der Waals surface area contributed by atoms with E-state index in [1.807, 2.05) is 6.92 Å². The molecule has 1 N–H and O–H groups in total. The number of hydrogen-bond donors (Lipinski definition) is 1. The number of nitrogens with one attached hydrogen (secondary N) is 1. The van der Waals surface area contributed by atoms with Gasteiger partial charge in [-0.25, -0.2) is 9.80 Å². The fraction of sp³-hybridized carbons (Fsp3) is 0.214. The van der Waals surface area contributed by atoms with Gasteiger partial charge in [-0.2, -0.15) is 5.10 Å². The van der Waals surface area contributed by atoms with Crippen LogP contribution in [0.4, 0.5) is 5.82 Å². The number of halogens is 2. The van der Waals surface area contributed by atoms with Gasteiger partial charge >= 0.3 is 5.69 Å². The van der Waals surface area contributed by atoms with E-state index < -0.39 is 11.2 Å². The number of H-pyrrole nitrogens is 1. The fourth-order valence-electron chi connectivity index (χ4n) is 1.73. The number of hydrazone groups is 1. The molecule has 22 heavy (non-hydrogen) atoms. The summed E-state index contributed by atoms with van der Waals surface area (Å²) >= 11 is 11.8. The lowest BCUT2D eigenvalue weighted by Gasteiger charge is -2.16. The van der Waals surface area contributed by atoms with Crippen molar-refractivity contribution in [1.82, 2.24) is 9.55 Å². The van der Waals surface area contributed by atoms with Crippen LogP contribution in [0.25, 0.3) is 0 Å². The molecule has 0 fully saturated rings. The predicted molar refractivity (Wildman–Crippen MR) is 89.4 cm³/mol. The van der Waals surface area contributed by atoms with Gasteiger partial charge < -0.3 is 0 Å². The molecule has 2 aromatic rings. The number of nitrogens with zero attached hydrogens (tertiary/aromatic N) is 3. The van der Waals surface area contributed by atoms with Crippen molar-refractivity contribution >= 4 is 35.2 Å². The summed E-state index contributed by atoms with van der Waals surface area (Å²) in [7, 11) is 1.40. The highest BCUT2D eigenvalue weighted by atomic mass is 35.5. The zero-order valence-corrected chi connectivity index (χ0v) is 13.5. The highest BCUT2D eigenvalue weighted by molar-refractivity contribution is 6.42. The van der Waals surface area contributed by atoms with Crippen molar-refractivity contribution in [2.24, 2.45) is 12.1 Å². The summed E-state index contributed by atoms with van der Waals surface area (Å²) < 4.78 is 0.986. The number of hydrogen-bond acceptors (Lipinski definition) is 4. The Kier molecular flexibility index (Phi) is 5.05. The second kappa shape index (κ2) is 6.81. The van der Waals surface area contributed by atoms with Crippen LogP contribution in [0.5, 0.6) is 0 Å². The number of benzene rings is 1. The smallest absolute Gasteiger partial charge is 0.292 e. The second-order valence-corrected chi connectivity index (χ2v) is 5.31. The monoisotopic (exact) mass is 340 g/mol. The third-order valence-electron chi connectivity index (χ3n) is 3.00. The average molecular weight is 341 g/mol. The van der Waals surface area contributed by atoms with Crippen LogP contribution in [0.3, 0.4) is 0 Å². The highest BCUT2D eigenvalue weighted by Gasteiger charge is 2.07. The minimum absolute atomic E-state index is 0.326. The maximum absolute atomic E-state index is 11.7. The summed E-state index contributed by atoms with van der Waals surface area (Å²) in [5.74, 6) is 0.326. The molecule has 1 heterocycles. The molecular formula is C14H14Cl2N4O2. The fourth-order valence-corrected chi connectivity index (χ4v) is 2.03. The molecule has 1 aromatic heterocycles. The van der Waals surface area contributed by atoms with Gasteiger partial charge in [-0.1, -0.05) is 29.3 Å². The third kappa shape index (κ3) is 3.58. The van der Waals surface area contributed by atoms with E-state index in [0.29, 0.717) is 22.4 Å². The van der Waals surface area contributed by atoms with E-state index in [1.54, 1.807) is 24.4 Å². The van der Waals surface area contributed by atoms with Gasteiger partial charge in [0.15, 0.2) is 0 Å². The molecule has 0 unspecified atom stereocenters. The molecule has 0 aliphatic carbocycles. The van der Waals surface area contributed by atoms with Crippen molar-refractivity contribution in [2.45, 2.75) is 6.92 Å². The zero-order chi connectivity index (χ0) is 16.3. The quantitative estimate of drug-likeness (QED) is 0.685. The van der Waals surface area contributed by atoms with Crippen molar-refractivity contribution in [3.05, 3.63) is 60.7 Å². The molecule has 0 saturated carbocycles. The molecule has 0 radical (unpaired) electrons. The SMILES string of the molecule is CCN(N=Cc1ccc(Cl)c(Cl)c1)c1cc(=O)n(C)c(=O)[nH]1. The Balaban J connectivity index is 2.32. The first-order chi connectivity index (χ1) is 10.4. The number of aromatic nitrogens is 2. The molecule has 0 saturated heterocycles. The van der Waals surface area contributed by atoms with Gasteiger partial charge in [0.1, 0.15) is 5.82 Å². The summed E-state index contributed by atoms with van der Waals surface area (Å²) in [6.45, 7) is 2.32. The first-order valence-corrected chi connectivity index (χ1v) is 7.25. The molecule has 1 aromatic carbocycles. The lowest BCUT2D eigenvalue weighted by Crippen LogP contribution is -2.34. The molecule has 2 rings (SSSR count). The van der Waals surface area contributed by atoms with Gasteiger partial charge in [0.2, 0.25) is 0 Å². The lowest BCUT2D eigenvalue weighted by molar-refractivity contribution is 0.756. The lowest BCUT2D eigenvalue weighted by atomic mass is 10.2. The Morgan fingerprint density at radius 3 is 2.59 bits per heavy atom. The summed E-state index contributed by atoms with van der Waals surface area (Å²) in [5, 5.41) is 6.65. The molecule has 0 atom stereocenters. The summed E-state index contributed by atoms with van der Waals surface area (Å²) in [6.07, 6.45) is 1.57. The van der Waals surface area contributed by atoms with Gasteiger partial charge in [0, 0.05) is 19.7 Å². The molecule has 8 heteroatoms. The standard InChI is InChI=1S/C14H14Cl2N4O2/c1-3-20(12-7-13(21)19(2)14(22)18-12)17-8-9-4-5-10(15)11(16)6-9/h4-8H,3H2,1-2H3,(H,18,22). The van der Waals surface area contributed by atoms with Gasteiger partial charge in [0.05, 0.1) is 16.3 Å². The van der Waals surface area contributed by atoms with Crippen molar-refractivity contribution < 1.29 is 0 Å². The van der Waals surface area contributed by atoms with Crippen molar-refractivity contribution in [3.8, 4) is 0 Å². The van der Waals surface area contributed by atoms with E-state index in [0.717, 1.165) is 10.1 Å². The van der Waals surface area contributed by atoms with Crippen LogP contribution < -0.4 is 16.3 Å². The van der Waals surface area contributed by atoms with Crippen LogP contribution in [0.2, 0.25) is 10.0 Å². The highest BCUT2D eigenvalue weighted by Crippen LogP contribution is 2.21. The van der Waals surface area contributed by atoms with E-state index in [9.17, 15) is 9.59 Å². The van der Waals surface area contributed by atoms with Crippen molar-refractivity contribution in [1.29, 1.82) is 0 Å². The zero-order valence-electron chi connectivity index (χ0n) is 12.0. The van der Waals surface area contributed by atoms with Crippen LogP contribution in [0.15, 0.2) is 39.0 Å². The minimum atomic E-state index is -0.495. The maximum Gasteiger partial charge on any atom is 0.329 e. The van der Waals surface area contributed by atoms with Crippen molar-refractivity contribution in [2.75, 3.05) is 11.6 Å². The molecule has 116 valence electrons. The van der Waals surface area contributed by atoms with Crippen LogP contribution in [-0.2, 0) is 7.05 Å². The van der Waals surface area contributed by atoms with Crippen LogP contribution in [-0.4, -0.2) is 22.3 Å². The first-order valence-electron chi connectivity index (χ1n) is 6.49. The van der Waals surface area contributed by atoms with E-state index >= 15 is 0 Å². The number of aromatic amines is 1. The number of rotatable bonds is 4. The second-order valence-electron chi connectivity index (χ2n) is 4.49. The first kappa shape index (κ1) is 16.3. The van der Waals surface area contributed by atoms with Crippen LogP contribution in [0, 0.1) is 0 Å². The maximum atomic E-state index is 11.7.